The molecule has 18 heavy (non-hydrogen) atoms. The molecular formula is C14H9NO2S. The van der Waals surface area contributed by atoms with Gasteiger partial charge in [-0.2, -0.15) is 0 Å². The van der Waals surface area contributed by atoms with E-state index in [1.165, 1.54) is 23.9 Å². The van der Waals surface area contributed by atoms with E-state index >= 15 is 0 Å². The summed E-state index contributed by atoms with van der Waals surface area (Å²) >= 11 is 1.35. The van der Waals surface area contributed by atoms with Gasteiger partial charge < -0.3 is 0 Å². The highest BCUT2D eigenvalue weighted by molar-refractivity contribution is 8.03. The fourth-order valence-corrected chi connectivity index (χ4v) is 1.86. The molecular weight excluding hydrogens is 246 g/mol. The molecule has 0 bridgehead atoms. The number of benzene rings is 2. The maximum Gasteiger partial charge on any atom is 0.269 e. The lowest BCUT2D eigenvalue weighted by atomic mass is 10.2. The number of nitro benzene ring substituents is 1. The van der Waals surface area contributed by atoms with Gasteiger partial charge in [0.15, 0.2) is 0 Å². The average Bonchev–Trinajstić information content (AvgIpc) is 2.40. The molecule has 0 radical (unpaired) electrons. The first-order valence-electron chi connectivity index (χ1n) is 5.23. The van der Waals surface area contributed by atoms with Crippen molar-refractivity contribution in [1.29, 1.82) is 0 Å². The smallest absolute Gasteiger partial charge is 0.258 e. The van der Waals surface area contributed by atoms with Crippen molar-refractivity contribution < 1.29 is 4.92 Å². The molecule has 0 fully saturated rings. The van der Waals surface area contributed by atoms with Gasteiger partial charge in [-0.15, -0.1) is 0 Å². The van der Waals surface area contributed by atoms with Gasteiger partial charge in [0.1, 0.15) is 0 Å². The number of thioether (sulfide) groups is 1. The lowest BCUT2D eigenvalue weighted by molar-refractivity contribution is -0.384. The Morgan fingerprint density at radius 1 is 1.00 bits per heavy atom. The standard InChI is InChI=1S/C14H9NO2S/c16-15(17)13-6-8-14(9-7-13)18-11-10-12-4-2-1-3-5-12/h1-9H. The van der Waals surface area contributed by atoms with E-state index in [4.69, 9.17) is 0 Å². The van der Waals surface area contributed by atoms with Crippen molar-refractivity contribution in [3.05, 3.63) is 70.3 Å². The first-order chi connectivity index (χ1) is 8.75. The molecule has 0 amide bonds. The summed E-state index contributed by atoms with van der Waals surface area (Å²) in [7, 11) is 0. The molecule has 0 N–H and O–H groups in total. The minimum absolute atomic E-state index is 0.0929. The molecule has 2 rings (SSSR count). The van der Waals surface area contributed by atoms with Gasteiger partial charge in [-0.3, -0.25) is 10.1 Å². The predicted octanol–water partition coefficient (Wildman–Crippen LogP) is 3.70. The highest BCUT2D eigenvalue weighted by Crippen LogP contribution is 2.20. The third-order valence-corrected chi connectivity index (χ3v) is 2.90. The molecule has 0 atom stereocenters. The molecule has 0 unspecified atom stereocenters. The Kier molecular flexibility index (Phi) is 4.00. The summed E-state index contributed by atoms with van der Waals surface area (Å²) in [6, 6.07) is 16.0. The van der Waals surface area contributed by atoms with Crippen LogP contribution < -0.4 is 0 Å². The minimum Gasteiger partial charge on any atom is -0.258 e. The van der Waals surface area contributed by atoms with E-state index in [2.05, 4.69) is 11.2 Å². The molecule has 3 nitrogen and oxygen atoms in total. The summed E-state index contributed by atoms with van der Waals surface area (Å²) in [4.78, 5) is 11.0. The first-order valence-corrected chi connectivity index (χ1v) is 6.05. The summed E-state index contributed by atoms with van der Waals surface area (Å²) in [5.41, 5.74) is 1.04. The summed E-state index contributed by atoms with van der Waals surface area (Å²) < 4.78 is 0. The lowest BCUT2D eigenvalue weighted by Crippen LogP contribution is -1.86. The van der Waals surface area contributed by atoms with Crippen LogP contribution in [-0.2, 0) is 0 Å². The quantitative estimate of drug-likeness (QED) is 0.356. The number of hydrogen-bond acceptors (Lipinski definition) is 3. The Labute approximate surface area is 109 Å². The van der Waals surface area contributed by atoms with Gasteiger partial charge in [0.05, 0.1) is 4.92 Å². The van der Waals surface area contributed by atoms with Gasteiger partial charge in [-0.25, -0.2) is 0 Å². The van der Waals surface area contributed by atoms with Crippen molar-refractivity contribution in [3.63, 3.8) is 0 Å². The SMILES string of the molecule is O=[N+]([O-])c1ccc(SC#Cc2ccccc2)cc1. The predicted molar refractivity (Wildman–Crippen MR) is 72.3 cm³/mol. The lowest BCUT2D eigenvalue weighted by Gasteiger charge is -1.93. The fraction of sp³-hybridized carbons (Fsp3) is 0. The number of nitro groups is 1. The van der Waals surface area contributed by atoms with Crippen molar-refractivity contribution in [1.82, 2.24) is 0 Å². The molecule has 0 saturated carbocycles. The van der Waals surface area contributed by atoms with Gasteiger partial charge in [-0.05, 0) is 41.3 Å². The molecule has 88 valence electrons. The van der Waals surface area contributed by atoms with Crippen molar-refractivity contribution in [2.24, 2.45) is 0 Å². The number of rotatable bonds is 2. The molecule has 4 heteroatoms. The van der Waals surface area contributed by atoms with Gasteiger partial charge in [0.2, 0.25) is 0 Å². The summed E-state index contributed by atoms with van der Waals surface area (Å²) in [5, 5.41) is 13.4. The molecule has 0 aliphatic heterocycles. The zero-order valence-corrected chi connectivity index (χ0v) is 10.2. The van der Waals surface area contributed by atoms with E-state index in [1.807, 2.05) is 30.3 Å². The van der Waals surface area contributed by atoms with E-state index < -0.39 is 4.92 Å². The Hall–Kier alpha value is -2.25. The molecule has 0 aliphatic rings. The Morgan fingerprint density at radius 3 is 2.28 bits per heavy atom. The summed E-state index contributed by atoms with van der Waals surface area (Å²) in [5.74, 6) is 3.01. The van der Waals surface area contributed by atoms with Crippen molar-refractivity contribution in [2.45, 2.75) is 4.90 Å². The second-order valence-corrected chi connectivity index (χ2v) is 4.33. The van der Waals surface area contributed by atoms with E-state index in [9.17, 15) is 10.1 Å². The van der Waals surface area contributed by atoms with Gasteiger partial charge in [0, 0.05) is 22.6 Å². The number of nitrogens with zero attached hydrogens (tertiary/aromatic N) is 1. The third kappa shape index (κ3) is 3.37. The second kappa shape index (κ2) is 5.89. The van der Waals surface area contributed by atoms with Crippen LogP contribution in [0.2, 0.25) is 0 Å². The van der Waals surface area contributed by atoms with Crippen LogP contribution in [0.1, 0.15) is 5.56 Å². The van der Waals surface area contributed by atoms with Crippen LogP contribution in [0.4, 0.5) is 5.69 Å². The van der Waals surface area contributed by atoms with E-state index in [-0.39, 0.29) is 5.69 Å². The van der Waals surface area contributed by atoms with Crippen LogP contribution in [0, 0.1) is 21.3 Å². The topological polar surface area (TPSA) is 43.1 Å². The van der Waals surface area contributed by atoms with E-state index in [0.29, 0.717) is 0 Å². The normalized spacial score (nSPS) is 9.33. The highest BCUT2D eigenvalue weighted by atomic mass is 32.2. The van der Waals surface area contributed by atoms with Crippen LogP contribution in [0.3, 0.4) is 0 Å². The maximum absolute atomic E-state index is 10.5. The molecule has 0 spiro atoms. The van der Waals surface area contributed by atoms with E-state index in [0.717, 1.165) is 10.5 Å². The van der Waals surface area contributed by atoms with Crippen molar-refractivity contribution in [2.75, 3.05) is 0 Å². The van der Waals surface area contributed by atoms with Crippen LogP contribution in [0.15, 0.2) is 59.5 Å². The molecule has 0 heterocycles. The first kappa shape index (κ1) is 12.2. The van der Waals surface area contributed by atoms with Gasteiger partial charge in [-0.1, -0.05) is 24.1 Å². The summed E-state index contributed by atoms with van der Waals surface area (Å²) in [6.45, 7) is 0. The van der Waals surface area contributed by atoms with Gasteiger partial charge in [0.25, 0.3) is 5.69 Å². The summed E-state index contributed by atoms with van der Waals surface area (Å²) in [6.07, 6.45) is 0. The largest absolute Gasteiger partial charge is 0.269 e. The maximum atomic E-state index is 10.5. The Morgan fingerprint density at radius 2 is 1.67 bits per heavy atom. The van der Waals surface area contributed by atoms with E-state index in [1.54, 1.807) is 12.1 Å². The fourth-order valence-electron chi connectivity index (χ4n) is 1.30. The molecule has 0 aromatic heterocycles. The number of non-ortho nitro benzene ring substituents is 1. The molecule has 0 saturated heterocycles. The van der Waals surface area contributed by atoms with Crippen molar-refractivity contribution in [3.8, 4) is 11.2 Å². The van der Waals surface area contributed by atoms with Crippen molar-refractivity contribution >= 4 is 17.4 Å². The second-order valence-electron chi connectivity index (χ2n) is 3.45. The zero-order chi connectivity index (χ0) is 12.8. The third-order valence-electron chi connectivity index (χ3n) is 2.19. The van der Waals surface area contributed by atoms with Crippen LogP contribution in [0.5, 0.6) is 0 Å². The number of hydrogen-bond donors (Lipinski definition) is 0. The minimum atomic E-state index is -0.413. The molecule has 2 aromatic rings. The van der Waals surface area contributed by atoms with Crippen LogP contribution >= 0.6 is 11.8 Å². The van der Waals surface area contributed by atoms with Crippen LogP contribution in [-0.4, -0.2) is 4.92 Å². The molecule has 0 aliphatic carbocycles. The average molecular weight is 255 g/mol. The molecule has 2 aromatic carbocycles. The highest BCUT2D eigenvalue weighted by Gasteiger charge is 2.02. The Bertz CT molecular complexity index is 597. The van der Waals surface area contributed by atoms with Gasteiger partial charge >= 0.3 is 0 Å². The monoisotopic (exact) mass is 255 g/mol. The zero-order valence-electron chi connectivity index (χ0n) is 9.37. The van der Waals surface area contributed by atoms with Crippen LogP contribution in [0.25, 0.3) is 0 Å². The Balaban J connectivity index is 2.03.